The Bertz CT molecular complexity index is 401. The summed E-state index contributed by atoms with van der Waals surface area (Å²) in [5.74, 6) is 0.385. The van der Waals surface area contributed by atoms with Crippen molar-refractivity contribution in [2.75, 3.05) is 0 Å². The molecule has 0 heterocycles. The van der Waals surface area contributed by atoms with E-state index >= 15 is 0 Å². The van der Waals surface area contributed by atoms with Gasteiger partial charge in [0.1, 0.15) is 0 Å². The molecule has 0 aliphatic heterocycles. The molecule has 2 rings (SSSR count). The van der Waals surface area contributed by atoms with Crippen molar-refractivity contribution in [2.24, 2.45) is 11.1 Å². The van der Waals surface area contributed by atoms with E-state index in [0.29, 0.717) is 5.56 Å². The van der Waals surface area contributed by atoms with E-state index in [-0.39, 0.29) is 5.97 Å². The molecular formula is C14H17NO2. The highest BCUT2D eigenvalue weighted by molar-refractivity contribution is 5.90. The first-order chi connectivity index (χ1) is 8.25. The molecule has 0 unspecified atom stereocenters. The van der Waals surface area contributed by atoms with Gasteiger partial charge >= 0.3 is 5.97 Å². The summed E-state index contributed by atoms with van der Waals surface area (Å²) >= 11 is 0. The minimum Gasteiger partial charge on any atom is -0.313 e. The molecule has 1 aliphatic rings. The first kappa shape index (κ1) is 11.8. The van der Waals surface area contributed by atoms with Crippen LogP contribution in [0.1, 0.15) is 43.0 Å². The summed E-state index contributed by atoms with van der Waals surface area (Å²) in [7, 11) is 0. The maximum Gasteiger partial charge on any atom is 0.365 e. The van der Waals surface area contributed by atoms with Crippen LogP contribution in [0, 0.1) is 5.92 Å². The Morgan fingerprint density at radius 2 is 1.88 bits per heavy atom. The average molecular weight is 231 g/mol. The quantitative estimate of drug-likeness (QED) is 0.578. The molecule has 1 aromatic carbocycles. The van der Waals surface area contributed by atoms with Gasteiger partial charge in [-0.25, -0.2) is 4.79 Å². The predicted molar refractivity (Wildman–Crippen MR) is 66.9 cm³/mol. The molecule has 1 fully saturated rings. The van der Waals surface area contributed by atoms with Crippen LogP contribution in [0.3, 0.4) is 0 Å². The Kier molecular flexibility index (Phi) is 3.91. The third-order valence-electron chi connectivity index (χ3n) is 3.12. The van der Waals surface area contributed by atoms with Crippen molar-refractivity contribution in [1.29, 1.82) is 0 Å². The van der Waals surface area contributed by atoms with Gasteiger partial charge in [-0.1, -0.05) is 30.3 Å². The van der Waals surface area contributed by atoms with E-state index in [0.717, 1.165) is 37.3 Å². The van der Waals surface area contributed by atoms with E-state index in [4.69, 9.17) is 4.84 Å². The second-order valence-electron chi connectivity index (χ2n) is 4.58. The SMILES string of the molecule is CC1CCC(=NOC(=O)c2ccccc2)CC1. The topological polar surface area (TPSA) is 38.7 Å². The van der Waals surface area contributed by atoms with E-state index in [1.54, 1.807) is 12.1 Å². The molecule has 0 saturated heterocycles. The zero-order chi connectivity index (χ0) is 12.1. The Morgan fingerprint density at radius 3 is 2.53 bits per heavy atom. The van der Waals surface area contributed by atoms with Crippen LogP contribution in [-0.4, -0.2) is 11.7 Å². The summed E-state index contributed by atoms with van der Waals surface area (Å²) in [6.07, 6.45) is 4.18. The Balaban J connectivity index is 1.90. The average Bonchev–Trinajstić information content (AvgIpc) is 2.39. The monoisotopic (exact) mass is 231 g/mol. The van der Waals surface area contributed by atoms with E-state index in [1.165, 1.54) is 0 Å². The lowest BCUT2D eigenvalue weighted by atomic mass is 9.90. The fourth-order valence-corrected chi connectivity index (χ4v) is 1.92. The lowest BCUT2D eigenvalue weighted by Gasteiger charge is -2.17. The third-order valence-corrected chi connectivity index (χ3v) is 3.12. The van der Waals surface area contributed by atoms with Gasteiger partial charge in [0.05, 0.1) is 11.3 Å². The van der Waals surface area contributed by atoms with E-state index < -0.39 is 0 Å². The van der Waals surface area contributed by atoms with Gasteiger partial charge in [0.15, 0.2) is 0 Å². The summed E-state index contributed by atoms with van der Waals surface area (Å²) in [6, 6.07) is 8.94. The van der Waals surface area contributed by atoms with E-state index in [2.05, 4.69) is 12.1 Å². The lowest BCUT2D eigenvalue weighted by Crippen LogP contribution is -2.13. The second-order valence-corrected chi connectivity index (χ2v) is 4.58. The fourth-order valence-electron chi connectivity index (χ4n) is 1.92. The molecule has 0 bridgehead atoms. The minimum absolute atomic E-state index is 0.378. The maximum absolute atomic E-state index is 11.6. The van der Waals surface area contributed by atoms with Crippen LogP contribution < -0.4 is 0 Å². The van der Waals surface area contributed by atoms with Crippen LogP contribution in [0.2, 0.25) is 0 Å². The largest absolute Gasteiger partial charge is 0.365 e. The molecule has 1 aromatic rings. The van der Waals surface area contributed by atoms with Gasteiger partial charge in [-0.05, 0) is 43.7 Å². The molecule has 0 amide bonds. The van der Waals surface area contributed by atoms with Crippen molar-refractivity contribution in [3.05, 3.63) is 35.9 Å². The van der Waals surface area contributed by atoms with Gasteiger partial charge in [0, 0.05) is 0 Å². The summed E-state index contributed by atoms with van der Waals surface area (Å²) in [6.45, 7) is 2.24. The van der Waals surface area contributed by atoms with Crippen molar-refractivity contribution in [1.82, 2.24) is 0 Å². The van der Waals surface area contributed by atoms with Crippen LogP contribution in [0.15, 0.2) is 35.5 Å². The van der Waals surface area contributed by atoms with Gasteiger partial charge < -0.3 is 4.84 Å². The van der Waals surface area contributed by atoms with Crippen LogP contribution in [0.4, 0.5) is 0 Å². The lowest BCUT2D eigenvalue weighted by molar-refractivity contribution is 0.0513. The molecule has 0 radical (unpaired) electrons. The van der Waals surface area contributed by atoms with Gasteiger partial charge in [-0.15, -0.1) is 0 Å². The highest BCUT2D eigenvalue weighted by atomic mass is 16.7. The number of rotatable bonds is 2. The smallest absolute Gasteiger partial charge is 0.313 e. The predicted octanol–water partition coefficient (Wildman–Crippen LogP) is 3.41. The summed E-state index contributed by atoms with van der Waals surface area (Å²) in [5, 5.41) is 3.96. The molecule has 90 valence electrons. The van der Waals surface area contributed by atoms with Crippen LogP contribution in [0.5, 0.6) is 0 Å². The summed E-state index contributed by atoms with van der Waals surface area (Å²) < 4.78 is 0. The normalized spacial score (nSPS) is 19.8. The van der Waals surface area contributed by atoms with Crippen LogP contribution in [0.25, 0.3) is 0 Å². The molecule has 0 atom stereocenters. The standard InChI is InChI=1S/C14H17NO2/c1-11-7-9-13(10-8-11)15-17-14(16)12-5-3-2-4-6-12/h2-6,11H,7-10H2,1H3. The number of hydrogen-bond donors (Lipinski definition) is 0. The third kappa shape index (κ3) is 3.41. The molecule has 1 saturated carbocycles. The van der Waals surface area contributed by atoms with Crippen molar-refractivity contribution < 1.29 is 9.63 Å². The van der Waals surface area contributed by atoms with Gasteiger partial charge in [0.25, 0.3) is 0 Å². The van der Waals surface area contributed by atoms with Gasteiger partial charge in [-0.2, -0.15) is 0 Å². The fraction of sp³-hybridized carbons (Fsp3) is 0.429. The zero-order valence-corrected chi connectivity index (χ0v) is 10.1. The van der Waals surface area contributed by atoms with E-state index in [9.17, 15) is 4.79 Å². The summed E-state index contributed by atoms with van der Waals surface area (Å²) in [4.78, 5) is 16.6. The molecular weight excluding hydrogens is 214 g/mol. The zero-order valence-electron chi connectivity index (χ0n) is 10.1. The summed E-state index contributed by atoms with van der Waals surface area (Å²) in [5.41, 5.74) is 1.55. The molecule has 0 aromatic heterocycles. The molecule has 0 spiro atoms. The van der Waals surface area contributed by atoms with Crippen LogP contribution in [-0.2, 0) is 4.84 Å². The number of nitrogens with zero attached hydrogens (tertiary/aromatic N) is 1. The van der Waals surface area contributed by atoms with Crippen LogP contribution >= 0.6 is 0 Å². The second kappa shape index (κ2) is 5.62. The first-order valence-corrected chi connectivity index (χ1v) is 6.08. The number of carbonyl (C=O) groups is 1. The number of oxime groups is 1. The highest BCUT2D eigenvalue weighted by Crippen LogP contribution is 2.21. The number of benzene rings is 1. The Hall–Kier alpha value is -1.64. The maximum atomic E-state index is 11.6. The number of carbonyl (C=O) groups excluding carboxylic acids is 1. The van der Waals surface area contributed by atoms with Crippen molar-refractivity contribution in [2.45, 2.75) is 32.6 Å². The first-order valence-electron chi connectivity index (χ1n) is 6.08. The molecule has 1 aliphatic carbocycles. The molecule has 17 heavy (non-hydrogen) atoms. The highest BCUT2D eigenvalue weighted by Gasteiger charge is 2.14. The van der Waals surface area contributed by atoms with Crippen molar-refractivity contribution >= 4 is 11.7 Å². The van der Waals surface area contributed by atoms with E-state index in [1.807, 2.05) is 18.2 Å². The van der Waals surface area contributed by atoms with Crippen molar-refractivity contribution in [3.63, 3.8) is 0 Å². The van der Waals surface area contributed by atoms with Gasteiger partial charge in [-0.3, -0.25) is 0 Å². The minimum atomic E-state index is -0.378. The number of hydrogen-bond acceptors (Lipinski definition) is 3. The molecule has 0 N–H and O–H groups in total. The molecule has 3 nitrogen and oxygen atoms in total. The van der Waals surface area contributed by atoms with Gasteiger partial charge in [0.2, 0.25) is 0 Å². The molecule has 3 heteroatoms. The Labute approximate surface area is 101 Å². The Morgan fingerprint density at radius 1 is 1.24 bits per heavy atom. The van der Waals surface area contributed by atoms with Crippen molar-refractivity contribution in [3.8, 4) is 0 Å².